The van der Waals surface area contributed by atoms with E-state index in [-0.39, 0.29) is 14.2 Å². The molecule has 18 heavy (non-hydrogen) atoms. The van der Waals surface area contributed by atoms with Gasteiger partial charge in [0, 0.05) is 34.9 Å². The van der Waals surface area contributed by atoms with Crippen molar-refractivity contribution in [2.45, 2.75) is 33.7 Å². The van der Waals surface area contributed by atoms with E-state index in [0.717, 1.165) is 13.0 Å². The number of hydrogen-bond acceptors (Lipinski definition) is 2. The van der Waals surface area contributed by atoms with E-state index in [0.29, 0.717) is 19.0 Å². The van der Waals surface area contributed by atoms with Crippen molar-refractivity contribution in [1.82, 2.24) is 9.88 Å². The van der Waals surface area contributed by atoms with Crippen molar-refractivity contribution in [2.24, 2.45) is 17.1 Å². The largest absolute Gasteiger partial charge is 0.354 e. The van der Waals surface area contributed by atoms with Crippen molar-refractivity contribution >= 4 is 5.91 Å². The van der Waals surface area contributed by atoms with Gasteiger partial charge in [-0.2, -0.15) is 0 Å². The molecule has 1 aromatic rings. The van der Waals surface area contributed by atoms with Gasteiger partial charge >= 0.3 is 0 Å². The molecule has 0 bridgehead atoms. The van der Waals surface area contributed by atoms with Gasteiger partial charge in [-0.05, 0) is 24.5 Å². The highest BCUT2D eigenvalue weighted by molar-refractivity contribution is 5.85. The second-order valence-corrected chi connectivity index (χ2v) is 4.66. The van der Waals surface area contributed by atoms with Crippen LogP contribution in [-0.4, -0.2) is 23.6 Å². The molecule has 4 heteroatoms. The highest BCUT2D eigenvalue weighted by Crippen LogP contribution is 2.53. The van der Waals surface area contributed by atoms with Gasteiger partial charge in [-0.3, -0.25) is 4.79 Å². The summed E-state index contributed by atoms with van der Waals surface area (Å²) in [6, 6.07) is 3.97. The van der Waals surface area contributed by atoms with Gasteiger partial charge in [-0.15, -0.1) is 0 Å². The fourth-order valence-electron chi connectivity index (χ4n) is 2.26. The first-order chi connectivity index (χ1) is 8.69. The van der Waals surface area contributed by atoms with Crippen LogP contribution >= 0.6 is 0 Å². The third kappa shape index (κ3) is 3.13. The lowest BCUT2D eigenvalue weighted by molar-refractivity contribution is -0.127. The molecule has 2 rings (SSSR count). The van der Waals surface area contributed by atoms with E-state index in [2.05, 4.69) is 16.8 Å². The predicted octanol–water partition coefficient (Wildman–Crippen LogP) is 2.11. The van der Waals surface area contributed by atoms with E-state index < -0.39 is 0 Å². The molecule has 4 nitrogen and oxygen atoms in total. The molecule has 0 aromatic carbocycles. The van der Waals surface area contributed by atoms with Crippen LogP contribution in [0.3, 0.4) is 0 Å². The average Bonchev–Trinajstić information content (AvgIpc) is 2.81. The number of nitrogens with two attached hydrogens (primary N) is 1. The molecule has 1 fully saturated rings. The summed E-state index contributed by atoms with van der Waals surface area (Å²) in [6.45, 7) is 7.97. The number of carbonyl (C=O) groups is 1. The highest BCUT2D eigenvalue weighted by atomic mass is 16.2. The standard InChI is InChI=1S/C12H19N3O.C2H6.2H2/c1-10-8-12(10,11(16)14-5-4-13)9-15-6-2-3-7-15;1-2;;/h2-3,6-7,10H,4-5,8-9,13H2,1H3,(H,14,16);1-2H3;2*1H. The van der Waals surface area contributed by atoms with Crippen molar-refractivity contribution in [2.75, 3.05) is 13.1 Å². The first kappa shape index (κ1) is 14.8. The van der Waals surface area contributed by atoms with Crippen LogP contribution in [0, 0.1) is 11.3 Å². The Labute approximate surface area is 113 Å². The molecule has 3 N–H and O–H groups in total. The summed E-state index contributed by atoms with van der Waals surface area (Å²) in [7, 11) is 0. The van der Waals surface area contributed by atoms with Crippen LogP contribution in [0.4, 0.5) is 0 Å². The Morgan fingerprint density at radius 3 is 2.50 bits per heavy atom. The number of rotatable bonds is 5. The van der Waals surface area contributed by atoms with E-state index in [1.165, 1.54) is 0 Å². The molecule has 0 aliphatic heterocycles. The van der Waals surface area contributed by atoms with E-state index in [9.17, 15) is 4.79 Å². The summed E-state index contributed by atoms with van der Waals surface area (Å²) in [4.78, 5) is 12.0. The lowest BCUT2D eigenvalue weighted by Crippen LogP contribution is -2.38. The third-order valence-electron chi connectivity index (χ3n) is 3.47. The van der Waals surface area contributed by atoms with Crippen LogP contribution in [0.25, 0.3) is 0 Å². The molecule has 1 aliphatic carbocycles. The molecule has 0 spiro atoms. The van der Waals surface area contributed by atoms with Crippen molar-refractivity contribution < 1.29 is 7.65 Å². The minimum Gasteiger partial charge on any atom is -0.354 e. The Bertz CT molecular complexity index is 371. The van der Waals surface area contributed by atoms with E-state index in [4.69, 9.17) is 5.73 Å². The molecule has 1 amide bonds. The lowest BCUT2D eigenvalue weighted by atomic mass is 10.0. The Morgan fingerprint density at radius 2 is 2.06 bits per heavy atom. The van der Waals surface area contributed by atoms with Gasteiger partial charge in [0.25, 0.3) is 0 Å². The molecule has 1 saturated carbocycles. The summed E-state index contributed by atoms with van der Waals surface area (Å²) in [5, 5.41) is 2.90. The van der Waals surface area contributed by atoms with Gasteiger partial charge in [0.05, 0.1) is 5.41 Å². The van der Waals surface area contributed by atoms with Gasteiger partial charge in [0.2, 0.25) is 5.91 Å². The Kier molecular flexibility index (Phi) is 5.41. The number of nitrogens with zero attached hydrogens (tertiary/aromatic N) is 1. The van der Waals surface area contributed by atoms with Gasteiger partial charge in [0.15, 0.2) is 0 Å². The van der Waals surface area contributed by atoms with Crippen LogP contribution in [0.1, 0.15) is 30.0 Å². The minimum atomic E-state index is -0.200. The van der Waals surface area contributed by atoms with Crippen LogP contribution in [0.5, 0.6) is 0 Å². The number of nitrogens with one attached hydrogen (secondary N) is 1. The quantitative estimate of drug-likeness (QED) is 0.846. The molecular formula is C14H29N3O. The molecular weight excluding hydrogens is 226 g/mol. The molecule has 2 atom stereocenters. The SMILES string of the molecule is CC.CC1CC1(Cn1cccc1)C(=O)NCCN.[HH].[HH]. The lowest BCUT2D eigenvalue weighted by Gasteiger charge is -2.17. The van der Waals surface area contributed by atoms with Crippen molar-refractivity contribution in [3.8, 4) is 0 Å². The van der Waals surface area contributed by atoms with E-state index in [1.54, 1.807) is 0 Å². The zero-order valence-corrected chi connectivity index (χ0v) is 11.6. The van der Waals surface area contributed by atoms with Crippen LogP contribution < -0.4 is 11.1 Å². The zero-order valence-electron chi connectivity index (χ0n) is 11.6. The normalized spacial score (nSPS) is 25.0. The van der Waals surface area contributed by atoms with Crippen molar-refractivity contribution in [3.05, 3.63) is 24.5 Å². The second kappa shape index (κ2) is 6.59. The molecule has 1 aromatic heterocycles. The summed E-state index contributed by atoms with van der Waals surface area (Å²) >= 11 is 0. The second-order valence-electron chi connectivity index (χ2n) is 4.66. The number of amides is 1. The molecule has 0 saturated heterocycles. The monoisotopic (exact) mass is 255 g/mol. The van der Waals surface area contributed by atoms with Crippen molar-refractivity contribution in [1.29, 1.82) is 0 Å². The maximum atomic E-state index is 12.0. The molecule has 1 heterocycles. The predicted molar refractivity (Wildman–Crippen MR) is 78.3 cm³/mol. The third-order valence-corrected chi connectivity index (χ3v) is 3.47. The summed E-state index contributed by atoms with van der Waals surface area (Å²) in [6.07, 6.45) is 4.98. The van der Waals surface area contributed by atoms with Crippen LogP contribution in [0.2, 0.25) is 0 Å². The van der Waals surface area contributed by atoms with Gasteiger partial charge in [0.1, 0.15) is 0 Å². The number of aromatic nitrogens is 1. The number of carbonyl (C=O) groups excluding carboxylic acids is 1. The highest BCUT2D eigenvalue weighted by Gasteiger charge is 2.57. The van der Waals surface area contributed by atoms with E-state index >= 15 is 0 Å². The topological polar surface area (TPSA) is 60.0 Å². The number of hydrogen-bond donors (Lipinski definition) is 2. The molecule has 0 radical (unpaired) electrons. The minimum absolute atomic E-state index is 0. The van der Waals surface area contributed by atoms with Gasteiger partial charge in [-0.25, -0.2) is 0 Å². The molecule has 106 valence electrons. The summed E-state index contributed by atoms with van der Waals surface area (Å²) in [5.41, 5.74) is 5.19. The Balaban J connectivity index is 0. The van der Waals surface area contributed by atoms with Crippen molar-refractivity contribution in [3.63, 3.8) is 0 Å². The average molecular weight is 255 g/mol. The molecule has 1 aliphatic rings. The fourth-order valence-corrected chi connectivity index (χ4v) is 2.26. The van der Waals surface area contributed by atoms with E-state index in [1.807, 2.05) is 38.4 Å². The van der Waals surface area contributed by atoms with Crippen LogP contribution in [0.15, 0.2) is 24.5 Å². The summed E-state index contributed by atoms with van der Waals surface area (Å²) < 4.78 is 2.07. The maximum Gasteiger partial charge on any atom is 0.228 e. The smallest absolute Gasteiger partial charge is 0.228 e. The maximum absolute atomic E-state index is 12.0. The molecule has 2 unspecified atom stereocenters. The first-order valence-corrected chi connectivity index (χ1v) is 6.78. The Morgan fingerprint density at radius 1 is 1.50 bits per heavy atom. The first-order valence-electron chi connectivity index (χ1n) is 6.78. The van der Waals surface area contributed by atoms with Crippen LogP contribution in [-0.2, 0) is 11.3 Å². The summed E-state index contributed by atoms with van der Waals surface area (Å²) in [5.74, 6) is 0.617. The fraction of sp³-hybridized carbons (Fsp3) is 0.643. The van der Waals surface area contributed by atoms with Gasteiger partial charge in [-0.1, -0.05) is 20.8 Å². The van der Waals surface area contributed by atoms with Gasteiger partial charge < -0.3 is 15.6 Å². The Hall–Kier alpha value is -1.29. The zero-order chi connectivity index (χ0) is 13.6.